The lowest BCUT2D eigenvalue weighted by Crippen LogP contribution is -2.60. The number of hydrogen-bond acceptors (Lipinski definition) is 6. The second-order valence-corrected chi connectivity index (χ2v) is 7.97. The van der Waals surface area contributed by atoms with Crippen molar-refractivity contribution in [3.8, 4) is 5.88 Å². The molecule has 1 N–H and O–H groups in total. The number of carbonyl (C=O) groups is 2. The highest BCUT2D eigenvalue weighted by molar-refractivity contribution is 5.81. The van der Waals surface area contributed by atoms with Gasteiger partial charge in [-0.15, -0.1) is 0 Å². The molecule has 4 aliphatic carbocycles. The van der Waals surface area contributed by atoms with Crippen molar-refractivity contribution in [3.63, 3.8) is 0 Å². The van der Waals surface area contributed by atoms with Crippen molar-refractivity contribution in [2.75, 3.05) is 13.2 Å². The van der Waals surface area contributed by atoms with Gasteiger partial charge in [-0.1, -0.05) is 0 Å². The Morgan fingerprint density at radius 1 is 1.20 bits per heavy atom. The van der Waals surface area contributed by atoms with Gasteiger partial charge >= 0.3 is 5.97 Å². The molecular weight excluding hydrogens is 324 g/mol. The third-order valence-electron chi connectivity index (χ3n) is 5.75. The van der Waals surface area contributed by atoms with Crippen molar-refractivity contribution >= 4 is 11.9 Å². The van der Waals surface area contributed by atoms with E-state index in [0.29, 0.717) is 5.76 Å². The number of hydrogen-bond donors (Lipinski definition) is 1. The van der Waals surface area contributed by atoms with Crippen molar-refractivity contribution in [1.82, 2.24) is 10.5 Å². The van der Waals surface area contributed by atoms with Gasteiger partial charge in [0.1, 0.15) is 5.76 Å². The summed E-state index contributed by atoms with van der Waals surface area (Å²) in [5, 5.41) is 6.79. The zero-order valence-electron chi connectivity index (χ0n) is 14.5. The van der Waals surface area contributed by atoms with Crippen LogP contribution in [0.15, 0.2) is 10.6 Å². The molecule has 0 unspecified atom stereocenters. The lowest BCUT2D eigenvalue weighted by atomic mass is 9.53. The maximum Gasteiger partial charge on any atom is 0.344 e. The first-order valence-electron chi connectivity index (χ1n) is 9.02. The molecule has 0 spiro atoms. The summed E-state index contributed by atoms with van der Waals surface area (Å²) in [6.07, 6.45) is 7.20. The molecule has 25 heavy (non-hydrogen) atoms. The third-order valence-corrected chi connectivity index (χ3v) is 5.75. The third kappa shape index (κ3) is 3.65. The number of nitrogens with zero attached hydrogens (tertiary/aromatic N) is 1. The Morgan fingerprint density at radius 3 is 2.40 bits per heavy atom. The first kappa shape index (κ1) is 16.4. The molecule has 0 atom stereocenters. The summed E-state index contributed by atoms with van der Waals surface area (Å²) < 4.78 is 15.0. The zero-order chi connectivity index (χ0) is 17.4. The summed E-state index contributed by atoms with van der Waals surface area (Å²) in [6, 6.07) is 1.58. The van der Waals surface area contributed by atoms with Gasteiger partial charge in [0.15, 0.2) is 13.2 Å². The predicted octanol–water partition coefficient (Wildman–Crippen LogP) is 1.99. The van der Waals surface area contributed by atoms with E-state index in [0.717, 1.165) is 37.0 Å². The van der Waals surface area contributed by atoms with E-state index >= 15 is 0 Å². The highest BCUT2D eigenvalue weighted by Crippen LogP contribution is 2.55. The number of amides is 1. The molecule has 7 heteroatoms. The fraction of sp³-hybridized carbons (Fsp3) is 0.722. The summed E-state index contributed by atoms with van der Waals surface area (Å²) in [6.45, 7) is 1.17. The highest BCUT2D eigenvalue weighted by Gasteiger charge is 2.51. The van der Waals surface area contributed by atoms with Gasteiger partial charge < -0.3 is 19.3 Å². The van der Waals surface area contributed by atoms with Crippen molar-refractivity contribution in [2.45, 2.75) is 51.0 Å². The van der Waals surface area contributed by atoms with Gasteiger partial charge in [-0.2, -0.15) is 0 Å². The molecule has 4 saturated carbocycles. The molecule has 1 heterocycles. The Labute approximate surface area is 146 Å². The summed E-state index contributed by atoms with van der Waals surface area (Å²) in [4.78, 5) is 24.0. The average molecular weight is 348 g/mol. The van der Waals surface area contributed by atoms with Crippen LogP contribution in [0.4, 0.5) is 0 Å². The van der Waals surface area contributed by atoms with Crippen LogP contribution in [-0.2, 0) is 14.3 Å². The van der Waals surface area contributed by atoms with Crippen LogP contribution in [0.3, 0.4) is 0 Å². The summed E-state index contributed by atoms with van der Waals surface area (Å²) >= 11 is 0. The van der Waals surface area contributed by atoms with E-state index in [-0.39, 0.29) is 30.5 Å². The summed E-state index contributed by atoms with van der Waals surface area (Å²) in [5.41, 5.74) is -0.0625. The number of rotatable bonds is 6. The number of esters is 1. The topological polar surface area (TPSA) is 90.7 Å². The van der Waals surface area contributed by atoms with Gasteiger partial charge in [0.25, 0.3) is 11.8 Å². The molecule has 7 nitrogen and oxygen atoms in total. The maximum atomic E-state index is 12.3. The Balaban J connectivity index is 1.22. The number of nitrogens with one attached hydrogen (secondary N) is 1. The minimum absolute atomic E-state index is 0.0625. The van der Waals surface area contributed by atoms with E-state index in [9.17, 15) is 9.59 Å². The summed E-state index contributed by atoms with van der Waals surface area (Å²) in [7, 11) is 0. The van der Waals surface area contributed by atoms with E-state index in [2.05, 4.69) is 10.5 Å². The number of carbonyl (C=O) groups excluding carboxylic acids is 2. The molecule has 1 amide bonds. The van der Waals surface area contributed by atoms with Gasteiger partial charge in [-0.25, -0.2) is 4.79 Å². The lowest BCUT2D eigenvalue weighted by molar-refractivity contribution is -0.152. The van der Waals surface area contributed by atoms with E-state index in [1.165, 1.54) is 19.3 Å². The molecule has 0 saturated heterocycles. The van der Waals surface area contributed by atoms with Crippen LogP contribution in [0, 0.1) is 24.7 Å². The van der Waals surface area contributed by atoms with Gasteiger partial charge in [-0.05, 0) is 68.4 Å². The standard InChI is InChI=1S/C18H24N2O5/c1-11-2-16(20-25-11)23-10-17(22)24-9-15(21)19-18-6-12-3-13(7-18)5-14(4-12)8-18/h2,12-14H,3-10H2,1H3,(H,19,21). The van der Waals surface area contributed by atoms with E-state index in [1.807, 2.05) is 0 Å². The first-order valence-corrected chi connectivity index (χ1v) is 9.02. The van der Waals surface area contributed by atoms with Crippen LogP contribution in [-0.4, -0.2) is 35.8 Å². The van der Waals surface area contributed by atoms with Crippen molar-refractivity contribution in [2.24, 2.45) is 17.8 Å². The molecule has 0 aliphatic heterocycles. The van der Waals surface area contributed by atoms with Gasteiger partial charge in [-0.3, -0.25) is 4.79 Å². The van der Waals surface area contributed by atoms with Crippen molar-refractivity contribution in [1.29, 1.82) is 0 Å². The van der Waals surface area contributed by atoms with Crippen LogP contribution in [0.2, 0.25) is 0 Å². The van der Waals surface area contributed by atoms with Crippen LogP contribution < -0.4 is 10.1 Å². The van der Waals surface area contributed by atoms with E-state index in [4.69, 9.17) is 14.0 Å². The highest BCUT2D eigenvalue weighted by atomic mass is 16.6. The Kier molecular flexibility index (Phi) is 4.17. The normalized spacial score (nSPS) is 32.4. The van der Waals surface area contributed by atoms with E-state index < -0.39 is 5.97 Å². The van der Waals surface area contributed by atoms with Crippen molar-refractivity contribution < 1.29 is 23.6 Å². The maximum absolute atomic E-state index is 12.3. The fourth-order valence-electron chi connectivity index (χ4n) is 5.33. The first-order chi connectivity index (χ1) is 12.0. The zero-order valence-corrected chi connectivity index (χ0v) is 14.5. The average Bonchev–Trinajstić information content (AvgIpc) is 2.94. The van der Waals surface area contributed by atoms with Crippen LogP contribution in [0.25, 0.3) is 0 Å². The fourth-order valence-corrected chi connectivity index (χ4v) is 5.33. The Hall–Kier alpha value is -2.05. The molecule has 4 bridgehead atoms. The minimum atomic E-state index is -0.596. The number of aryl methyl sites for hydroxylation is 1. The molecule has 5 rings (SSSR count). The second kappa shape index (κ2) is 6.35. The summed E-state index contributed by atoms with van der Waals surface area (Å²) in [5.74, 6) is 2.29. The molecule has 1 aromatic heterocycles. The van der Waals surface area contributed by atoms with Gasteiger partial charge in [0, 0.05) is 11.6 Å². The van der Waals surface area contributed by atoms with E-state index in [1.54, 1.807) is 13.0 Å². The minimum Gasteiger partial charge on any atom is -0.463 e. The molecule has 4 aliphatic rings. The largest absolute Gasteiger partial charge is 0.463 e. The second-order valence-electron chi connectivity index (χ2n) is 7.97. The molecule has 0 radical (unpaired) electrons. The van der Waals surface area contributed by atoms with Gasteiger partial charge in [0.2, 0.25) is 0 Å². The number of aromatic nitrogens is 1. The predicted molar refractivity (Wildman–Crippen MR) is 86.7 cm³/mol. The van der Waals surface area contributed by atoms with Crippen LogP contribution in [0.1, 0.15) is 44.3 Å². The SMILES string of the molecule is Cc1cc(OCC(=O)OCC(=O)NC23CC4CC(CC(C4)C2)C3)no1. The monoisotopic (exact) mass is 348 g/mol. The molecule has 0 aromatic carbocycles. The number of ether oxygens (including phenoxy) is 2. The van der Waals surface area contributed by atoms with Crippen LogP contribution >= 0.6 is 0 Å². The Morgan fingerprint density at radius 2 is 1.84 bits per heavy atom. The van der Waals surface area contributed by atoms with Crippen molar-refractivity contribution in [3.05, 3.63) is 11.8 Å². The molecule has 136 valence electrons. The van der Waals surface area contributed by atoms with Crippen LogP contribution in [0.5, 0.6) is 5.88 Å². The van der Waals surface area contributed by atoms with Gasteiger partial charge in [0.05, 0.1) is 0 Å². The molecule has 4 fully saturated rings. The lowest BCUT2D eigenvalue weighted by Gasteiger charge is -2.56. The Bertz CT molecular complexity index is 633. The quantitative estimate of drug-likeness (QED) is 0.791. The molecule has 1 aromatic rings. The molecular formula is C18H24N2O5. The smallest absolute Gasteiger partial charge is 0.344 e.